The predicted molar refractivity (Wildman–Crippen MR) is 94.1 cm³/mol. The van der Waals surface area contributed by atoms with Crippen molar-refractivity contribution >= 4 is 10.9 Å². The standard InChI is InChI=1S/C20H24N2O2/c1-12(20-9-13-6-14(10-20)8-15(7-13)11-20)22-18(23)16-4-2-3-5-17(16)21-19(22)24/h2-5,12-15H,6-11H2,1H3,(H,21,24). The molecule has 6 rings (SSSR count). The molecule has 4 heteroatoms. The minimum Gasteiger partial charge on any atom is -0.307 e. The first kappa shape index (κ1) is 14.5. The fourth-order valence-electron chi connectivity index (χ4n) is 6.49. The van der Waals surface area contributed by atoms with Gasteiger partial charge in [0.15, 0.2) is 0 Å². The van der Waals surface area contributed by atoms with Crippen molar-refractivity contribution in [3.05, 3.63) is 45.1 Å². The van der Waals surface area contributed by atoms with Gasteiger partial charge in [0.25, 0.3) is 5.56 Å². The first-order chi connectivity index (χ1) is 11.6. The number of rotatable bonds is 2. The van der Waals surface area contributed by atoms with E-state index in [1.54, 1.807) is 6.07 Å². The zero-order valence-corrected chi connectivity index (χ0v) is 14.1. The van der Waals surface area contributed by atoms with E-state index >= 15 is 0 Å². The van der Waals surface area contributed by atoms with Crippen LogP contribution in [0.1, 0.15) is 51.5 Å². The van der Waals surface area contributed by atoms with E-state index in [1.807, 2.05) is 18.2 Å². The molecule has 24 heavy (non-hydrogen) atoms. The van der Waals surface area contributed by atoms with Gasteiger partial charge in [-0.15, -0.1) is 0 Å². The normalized spacial score (nSPS) is 35.5. The highest BCUT2D eigenvalue weighted by molar-refractivity contribution is 5.76. The minimum atomic E-state index is -0.248. The Morgan fingerprint density at radius 2 is 1.62 bits per heavy atom. The molecule has 4 aliphatic rings. The third-order valence-corrected chi connectivity index (χ3v) is 7.20. The molecular weight excluding hydrogens is 300 g/mol. The summed E-state index contributed by atoms with van der Waals surface area (Å²) in [6.45, 7) is 2.11. The van der Waals surface area contributed by atoms with Gasteiger partial charge in [-0.3, -0.25) is 9.36 Å². The van der Waals surface area contributed by atoms with Crippen LogP contribution >= 0.6 is 0 Å². The zero-order chi connectivity index (χ0) is 16.5. The highest BCUT2D eigenvalue weighted by Crippen LogP contribution is 2.63. The van der Waals surface area contributed by atoms with Crippen LogP contribution in [-0.2, 0) is 0 Å². The third-order valence-electron chi connectivity index (χ3n) is 7.20. The molecule has 0 radical (unpaired) electrons. The molecule has 0 amide bonds. The number of para-hydroxylation sites is 1. The summed E-state index contributed by atoms with van der Waals surface area (Å²) < 4.78 is 1.52. The molecule has 4 aliphatic carbocycles. The Labute approximate surface area is 140 Å². The summed E-state index contributed by atoms with van der Waals surface area (Å²) in [4.78, 5) is 28.6. The van der Waals surface area contributed by atoms with Crippen molar-refractivity contribution in [2.75, 3.05) is 0 Å². The van der Waals surface area contributed by atoms with Crippen molar-refractivity contribution in [3.8, 4) is 0 Å². The second kappa shape index (κ2) is 4.84. The molecule has 1 N–H and O–H groups in total. The quantitative estimate of drug-likeness (QED) is 0.919. The van der Waals surface area contributed by atoms with Gasteiger partial charge in [-0.25, -0.2) is 4.79 Å². The van der Waals surface area contributed by atoms with E-state index in [9.17, 15) is 9.59 Å². The minimum absolute atomic E-state index is 0.0215. The smallest absolute Gasteiger partial charge is 0.307 e. The average molecular weight is 324 g/mol. The van der Waals surface area contributed by atoms with Crippen LogP contribution in [0.3, 0.4) is 0 Å². The van der Waals surface area contributed by atoms with Gasteiger partial charge < -0.3 is 4.98 Å². The molecular formula is C20H24N2O2. The fourth-order valence-corrected chi connectivity index (χ4v) is 6.49. The molecule has 1 aromatic carbocycles. The van der Waals surface area contributed by atoms with Gasteiger partial charge in [0.1, 0.15) is 0 Å². The van der Waals surface area contributed by atoms with E-state index in [2.05, 4.69) is 11.9 Å². The summed E-state index contributed by atoms with van der Waals surface area (Å²) in [5, 5.41) is 0.619. The summed E-state index contributed by atoms with van der Waals surface area (Å²) in [6, 6.07) is 7.31. The fraction of sp³-hybridized carbons (Fsp3) is 0.600. The highest BCUT2D eigenvalue weighted by Gasteiger charge is 2.53. The number of nitrogens with one attached hydrogen (secondary N) is 1. The molecule has 1 aromatic heterocycles. The van der Waals surface area contributed by atoms with E-state index < -0.39 is 0 Å². The molecule has 1 unspecified atom stereocenters. The van der Waals surface area contributed by atoms with E-state index in [-0.39, 0.29) is 22.7 Å². The number of benzene rings is 1. The monoisotopic (exact) mass is 324 g/mol. The molecule has 4 nitrogen and oxygen atoms in total. The second-order valence-electron chi connectivity index (χ2n) is 8.61. The van der Waals surface area contributed by atoms with Crippen molar-refractivity contribution in [1.82, 2.24) is 9.55 Å². The Kier molecular flexibility index (Phi) is 2.92. The summed E-state index contributed by atoms with van der Waals surface area (Å²) >= 11 is 0. The average Bonchev–Trinajstić information content (AvgIpc) is 2.53. The first-order valence-electron chi connectivity index (χ1n) is 9.29. The van der Waals surface area contributed by atoms with Crippen LogP contribution in [0.15, 0.2) is 33.9 Å². The molecule has 126 valence electrons. The SMILES string of the molecule is CC(n1c(=O)[nH]c2ccccc2c1=O)C12CC3CC(CC(C3)C1)C2. The lowest BCUT2D eigenvalue weighted by Gasteiger charge is -2.59. The van der Waals surface area contributed by atoms with Gasteiger partial charge in [0.2, 0.25) is 0 Å². The Balaban J connectivity index is 1.65. The van der Waals surface area contributed by atoms with E-state index in [0.29, 0.717) is 10.9 Å². The largest absolute Gasteiger partial charge is 0.329 e. The lowest BCUT2D eigenvalue weighted by molar-refractivity contribution is -0.0801. The number of fused-ring (bicyclic) bond motifs is 1. The summed E-state index contributed by atoms with van der Waals surface area (Å²) in [5.74, 6) is 2.44. The number of hydrogen-bond acceptors (Lipinski definition) is 2. The van der Waals surface area contributed by atoms with Crippen molar-refractivity contribution < 1.29 is 0 Å². The number of H-pyrrole nitrogens is 1. The number of aromatic nitrogens is 2. The Morgan fingerprint density at radius 1 is 1.04 bits per heavy atom. The van der Waals surface area contributed by atoms with Crippen LogP contribution in [0.4, 0.5) is 0 Å². The maximum atomic E-state index is 13.0. The third kappa shape index (κ3) is 1.92. The van der Waals surface area contributed by atoms with Gasteiger partial charge in [0.05, 0.1) is 10.9 Å². The van der Waals surface area contributed by atoms with Crippen molar-refractivity contribution in [1.29, 1.82) is 0 Å². The Morgan fingerprint density at radius 3 is 2.25 bits per heavy atom. The van der Waals surface area contributed by atoms with Crippen LogP contribution in [-0.4, -0.2) is 9.55 Å². The van der Waals surface area contributed by atoms with E-state index in [4.69, 9.17) is 0 Å². The lowest BCUT2D eigenvalue weighted by atomic mass is 9.48. The first-order valence-corrected chi connectivity index (χ1v) is 9.29. The maximum absolute atomic E-state index is 13.0. The molecule has 0 saturated heterocycles. The van der Waals surface area contributed by atoms with Gasteiger partial charge >= 0.3 is 5.69 Å². The van der Waals surface area contributed by atoms with Crippen molar-refractivity contribution in [2.24, 2.45) is 23.2 Å². The van der Waals surface area contributed by atoms with Crippen LogP contribution < -0.4 is 11.2 Å². The van der Waals surface area contributed by atoms with Crippen LogP contribution in [0.2, 0.25) is 0 Å². The van der Waals surface area contributed by atoms with E-state index in [1.165, 1.54) is 43.1 Å². The molecule has 0 aliphatic heterocycles. The van der Waals surface area contributed by atoms with Crippen LogP contribution in [0.25, 0.3) is 10.9 Å². The number of nitrogens with zero attached hydrogens (tertiary/aromatic N) is 1. The zero-order valence-electron chi connectivity index (χ0n) is 14.1. The summed E-state index contributed by atoms with van der Waals surface area (Å²) in [6.07, 6.45) is 7.69. The second-order valence-corrected chi connectivity index (χ2v) is 8.61. The number of aromatic amines is 1. The maximum Gasteiger partial charge on any atom is 0.329 e. The van der Waals surface area contributed by atoms with Crippen LogP contribution in [0.5, 0.6) is 0 Å². The van der Waals surface area contributed by atoms with Gasteiger partial charge in [-0.05, 0) is 80.8 Å². The van der Waals surface area contributed by atoms with Gasteiger partial charge in [0, 0.05) is 6.04 Å². The molecule has 1 heterocycles. The molecule has 4 saturated carbocycles. The Bertz CT molecular complexity index is 888. The topological polar surface area (TPSA) is 54.9 Å². The van der Waals surface area contributed by atoms with E-state index in [0.717, 1.165) is 17.8 Å². The summed E-state index contributed by atoms with van der Waals surface area (Å²) in [5.41, 5.74) is 0.412. The number of hydrogen-bond donors (Lipinski definition) is 1. The summed E-state index contributed by atoms with van der Waals surface area (Å²) in [7, 11) is 0. The molecule has 1 atom stereocenters. The molecule has 2 aromatic rings. The highest BCUT2D eigenvalue weighted by atomic mass is 16.2. The molecule has 4 bridgehead atoms. The lowest BCUT2D eigenvalue weighted by Crippen LogP contribution is -2.52. The van der Waals surface area contributed by atoms with Crippen LogP contribution in [0, 0.1) is 23.2 Å². The van der Waals surface area contributed by atoms with Crippen molar-refractivity contribution in [3.63, 3.8) is 0 Å². The predicted octanol–water partition coefficient (Wildman–Crippen LogP) is 3.47. The van der Waals surface area contributed by atoms with Gasteiger partial charge in [-0.2, -0.15) is 0 Å². The van der Waals surface area contributed by atoms with Gasteiger partial charge in [-0.1, -0.05) is 12.1 Å². The molecule has 0 spiro atoms. The molecule has 4 fully saturated rings. The Hall–Kier alpha value is -1.84. The van der Waals surface area contributed by atoms with Crippen molar-refractivity contribution in [2.45, 2.75) is 51.5 Å².